The van der Waals surface area contributed by atoms with Crippen molar-refractivity contribution in [3.63, 3.8) is 0 Å². The maximum absolute atomic E-state index is 11.6. The second kappa shape index (κ2) is 6.10. The Bertz CT molecular complexity index is 885. The van der Waals surface area contributed by atoms with Crippen LogP contribution in [-0.4, -0.2) is 15.3 Å². The van der Waals surface area contributed by atoms with Gasteiger partial charge >= 0.3 is 0 Å². The number of carbonyl (C=O) groups excluding carboxylic acids is 1. The van der Waals surface area contributed by atoms with Crippen molar-refractivity contribution in [3.8, 4) is 5.75 Å². The monoisotopic (exact) mass is 349 g/mol. The molecular formula is C16H13Cl2N3O2. The third-order valence-electron chi connectivity index (χ3n) is 3.46. The molecule has 0 aliphatic rings. The van der Waals surface area contributed by atoms with Crippen molar-refractivity contribution >= 4 is 34.8 Å². The highest BCUT2D eigenvalue weighted by Gasteiger charge is 2.16. The van der Waals surface area contributed by atoms with Crippen molar-refractivity contribution in [2.45, 2.75) is 13.5 Å². The number of ether oxygens (including phenoxy) is 1. The molecule has 5 nitrogen and oxygen atoms in total. The molecule has 2 aromatic heterocycles. The lowest BCUT2D eigenvalue weighted by atomic mass is 10.2. The van der Waals surface area contributed by atoms with Crippen LogP contribution in [0.2, 0.25) is 10.0 Å². The molecule has 23 heavy (non-hydrogen) atoms. The molecule has 1 amide bonds. The van der Waals surface area contributed by atoms with E-state index < -0.39 is 5.91 Å². The van der Waals surface area contributed by atoms with Crippen LogP contribution in [-0.2, 0) is 6.61 Å². The predicted octanol–water partition coefficient (Wildman–Crippen LogP) is 3.63. The third-order valence-corrected chi connectivity index (χ3v) is 4.16. The van der Waals surface area contributed by atoms with E-state index >= 15 is 0 Å². The van der Waals surface area contributed by atoms with Crippen LogP contribution < -0.4 is 10.5 Å². The molecule has 1 aromatic carbocycles. The molecule has 7 heteroatoms. The largest absolute Gasteiger partial charge is 0.485 e. The number of hydrogen-bond donors (Lipinski definition) is 1. The van der Waals surface area contributed by atoms with Crippen molar-refractivity contribution in [2.24, 2.45) is 5.73 Å². The number of carbonyl (C=O) groups is 1. The smallest absolute Gasteiger partial charge is 0.267 e. The van der Waals surface area contributed by atoms with Gasteiger partial charge in [0.15, 0.2) is 11.4 Å². The van der Waals surface area contributed by atoms with Crippen molar-refractivity contribution in [3.05, 3.63) is 63.5 Å². The topological polar surface area (TPSA) is 69.6 Å². The number of primary amides is 1. The lowest BCUT2D eigenvalue weighted by Gasteiger charge is -2.10. The Kier molecular flexibility index (Phi) is 4.15. The number of aryl methyl sites for hydroxylation is 1. The van der Waals surface area contributed by atoms with E-state index in [1.807, 2.05) is 0 Å². The van der Waals surface area contributed by atoms with E-state index in [-0.39, 0.29) is 6.61 Å². The molecule has 0 fully saturated rings. The summed E-state index contributed by atoms with van der Waals surface area (Å²) in [6.07, 6.45) is 1.71. The number of benzene rings is 1. The second-order valence-electron chi connectivity index (χ2n) is 4.97. The van der Waals surface area contributed by atoms with E-state index in [1.165, 1.54) is 0 Å². The minimum absolute atomic E-state index is 0.190. The van der Waals surface area contributed by atoms with E-state index in [9.17, 15) is 4.79 Å². The Morgan fingerprint density at radius 1 is 1.26 bits per heavy atom. The van der Waals surface area contributed by atoms with Crippen LogP contribution in [0.5, 0.6) is 5.75 Å². The van der Waals surface area contributed by atoms with Gasteiger partial charge in [-0.25, -0.2) is 4.98 Å². The first-order valence-electron chi connectivity index (χ1n) is 6.82. The zero-order chi connectivity index (χ0) is 16.6. The molecule has 0 radical (unpaired) electrons. The number of nitrogens with zero attached hydrogens (tertiary/aromatic N) is 2. The van der Waals surface area contributed by atoms with Gasteiger partial charge in [-0.1, -0.05) is 29.3 Å². The minimum Gasteiger partial charge on any atom is -0.485 e. The van der Waals surface area contributed by atoms with Crippen LogP contribution in [0.15, 0.2) is 36.5 Å². The van der Waals surface area contributed by atoms with Gasteiger partial charge in [-0.2, -0.15) is 0 Å². The van der Waals surface area contributed by atoms with E-state index in [1.54, 1.807) is 47.9 Å². The highest BCUT2D eigenvalue weighted by atomic mass is 35.5. The first kappa shape index (κ1) is 15.6. The summed E-state index contributed by atoms with van der Waals surface area (Å²) in [6, 6.07) is 8.78. The van der Waals surface area contributed by atoms with Crippen LogP contribution >= 0.6 is 23.2 Å². The van der Waals surface area contributed by atoms with Crippen molar-refractivity contribution in [2.75, 3.05) is 0 Å². The predicted molar refractivity (Wildman–Crippen MR) is 89.2 cm³/mol. The summed E-state index contributed by atoms with van der Waals surface area (Å²) in [4.78, 5) is 15.9. The Balaban J connectivity index is 1.98. The molecule has 0 bridgehead atoms. The van der Waals surface area contributed by atoms with Gasteiger partial charge in [0.2, 0.25) is 0 Å². The van der Waals surface area contributed by atoms with Crippen molar-refractivity contribution in [1.29, 1.82) is 0 Å². The zero-order valence-electron chi connectivity index (χ0n) is 12.2. The average Bonchev–Trinajstić information content (AvgIpc) is 2.83. The Morgan fingerprint density at radius 3 is 2.61 bits per heavy atom. The van der Waals surface area contributed by atoms with E-state index in [4.69, 9.17) is 33.7 Å². The number of pyridine rings is 1. The highest BCUT2D eigenvalue weighted by Crippen LogP contribution is 2.27. The summed E-state index contributed by atoms with van der Waals surface area (Å²) < 4.78 is 7.42. The normalized spacial score (nSPS) is 10.9. The van der Waals surface area contributed by atoms with Gasteiger partial charge < -0.3 is 10.5 Å². The molecule has 2 heterocycles. The quantitative estimate of drug-likeness (QED) is 0.781. The highest BCUT2D eigenvalue weighted by molar-refractivity contribution is 6.35. The molecule has 0 atom stereocenters. The number of aromatic nitrogens is 2. The van der Waals surface area contributed by atoms with Gasteiger partial charge in [0, 0.05) is 21.8 Å². The lowest BCUT2D eigenvalue weighted by molar-refractivity contribution is 0.0994. The number of amides is 1. The fourth-order valence-electron chi connectivity index (χ4n) is 2.39. The van der Waals surface area contributed by atoms with Gasteiger partial charge in [0.05, 0.1) is 5.69 Å². The van der Waals surface area contributed by atoms with Gasteiger partial charge in [-0.15, -0.1) is 0 Å². The Labute approximate surface area is 142 Å². The molecule has 0 saturated carbocycles. The second-order valence-corrected chi connectivity index (χ2v) is 5.78. The minimum atomic E-state index is -0.540. The van der Waals surface area contributed by atoms with Crippen LogP contribution in [0.1, 0.15) is 21.7 Å². The fourth-order valence-corrected chi connectivity index (χ4v) is 2.89. The molecular weight excluding hydrogens is 337 g/mol. The summed E-state index contributed by atoms with van der Waals surface area (Å²) in [7, 11) is 0. The van der Waals surface area contributed by atoms with Gasteiger partial charge in [-0.3, -0.25) is 9.20 Å². The summed E-state index contributed by atoms with van der Waals surface area (Å²) in [5.74, 6) is -0.0274. The van der Waals surface area contributed by atoms with Gasteiger partial charge in [0.25, 0.3) is 5.91 Å². The fraction of sp³-hybridized carbons (Fsp3) is 0.125. The first-order valence-corrected chi connectivity index (χ1v) is 7.58. The average molecular weight is 350 g/mol. The summed E-state index contributed by atoms with van der Waals surface area (Å²) in [5, 5.41) is 1.06. The van der Waals surface area contributed by atoms with Crippen LogP contribution in [0.3, 0.4) is 0 Å². The lowest BCUT2D eigenvalue weighted by Crippen LogP contribution is -2.15. The van der Waals surface area contributed by atoms with E-state index in [2.05, 4.69) is 4.98 Å². The molecule has 0 aliphatic carbocycles. The summed E-state index contributed by atoms with van der Waals surface area (Å²) in [5.41, 5.74) is 7.49. The van der Waals surface area contributed by atoms with Crippen LogP contribution in [0, 0.1) is 6.92 Å². The number of imidazole rings is 1. The SMILES string of the molecule is Cc1nc2c(OCc3c(Cl)cccc3Cl)cccn2c1C(N)=O. The molecule has 2 N–H and O–H groups in total. The molecule has 3 aromatic rings. The molecule has 0 saturated heterocycles. The molecule has 0 aliphatic heterocycles. The zero-order valence-corrected chi connectivity index (χ0v) is 13.7. The van der Waals surface area contributed by atoms with E-state index in [0.29, 0.717) is 38.4 Å². The molecule has 118 valence electrons. The number of fused-ring (bicyclic) bond motifs is 1. The van der Waals surface area contributed by atoms with Gasteiger partial charge in [0.1, 0.15) is 12.3 Å². The van der Waals surface area contributed by atoms with E-state index in [0.717, 1.165) is 0 Å². The number of halogens is 2. The third kappa shape index (κ3) is 2.85. The first-order chi connectivity index (χ1) is 11.0. The van der Waals surface area contributed by atoms with Crippen LogP contribution in [0.4, 0.5) is 0 Å². The maximum Gasteiger partial charge on any atom is 0.267 e. The summed E-state index contributed by atoms with van der Waals surface area (Å²) in [6.45, 7) is 1.91. The van der Waals surface area contributed by atoms with Crippen molar-refractivity contribution in [1.82, 2.24) is 9.38 Å². The standard InChI is InChI=1S/C16H13Cl2N3O2/c1-9-14(15(19)22)21-7-3-6-13(16(21)20-9)23-8-10-11(17)4-2-5-12(10)18/h2-7H,8H2,1H3,(H2,19,22). The number of nitrogens with two attached hydrogens (primary N) is 1. The number of hydrogen-bond acceptors (Lipinski definition) is 3. The van der Waals surface area contributed by atoms with Crippen LogP contribution in [0.25, 0.3) is 5.65 Å². The number of rotatable bonds is 4. The summed E-state index contributed by atoms with van der Waals surface area (Å²) >= 11 is 12.3. The Morgan fingerprint density at radius 2 is 1.96 bits per heavy atom. The molecule has 0 unspecified atom stereocenters. The molecule has 0 spiro atoms. The maximum atomic E-state index is 11.6. The van der Waals surface area contributed by atoms with Crippen molar-refractivity contribution < 1.29 is 9.53 Å². The van der Waals surface area contributed by atoms with Gasteiger partial charge in [-0.05, 0) is 31.2 Å². The Hall–Kier alpha value is -2.24. The molecule has 3 rings (SSSR count).